The maximum atomic E-state index is 5.53. The minimum absolute atomic E-state index is 0.374. The van der Waals surface area contributed by atoms with Crippen molar-refractivity contribution in [2.45, 2.75) is 19.3 Å². The van der Waals surface area contributed by atoms with Crippen LogP contribution >= 0.6 is 0 Å². The number of hydrogen-bond donors (Lipinski definition) is 1. The van der Waals surface area contributed by atoms with E-state index in [9.17, 15) is 0 Å². The third-order valence-corrected chi connectivity index (χ3v) is 3.45. The van der Waals surface area contributed by atoms with Crippen molar-refractivity contribution < 1.29 is 9.47 Å². The van der Waals surface area contributed by atoms with Gasteiger partial charge in [-0.05, 0) is 49.9 Å². The van der Waals surface area contributed by atoms with Crippen molar-refractivity contribution in [3.8, 4) is 11.5 Å². The van der Waals surface area contributed by atoms with E-state index >= 15 is 0 Å². The zero-order chi connectivity index (χ0) is 10.8. The number of fused-ring (bicyclic) bond motifs is 1. The van der Waals surface area contributed by atoms with Gasteiger partial charge in [-0.25, -0.2) is 0 Å². The predicted octanol–water partition coefficient (Wildman–Crippen LogP) is 1.96. The molecule has 0 radical (unpaired) electrons. The number of rotatable bonds is 2. The van der Waals surface area contributed by atoms with E-state index in [0.29, 0.717) is 6.79 Å². The molecule has 1 saturated heterocycles. The lowest BCUT2D eigenvalue weighted by Crippen LogP contribution is -2.28. The van der Waals surface area contributed by atoms with Crippen LogP contribution in [0, 0.1) is 5.92 Å². The molecule has 1 fully saturated rings. The first-order chi connectivity index (χ1) is 7.93. The van der Waals surface area contributed by atoms with E-state index in [0.717, 1.165) is 36.9 Å². The van der Waals surface area contributed by atoms with E-state index in [-0.39, 0.29) is 0 Å². The van der Waals surface area contributed by atoms with Crippen molar-refractivity contribution >= 4 is 0 Å². The maximum absolute atomic E-state index is 5.53. The van der Waals surface area contributed by atoms with Crippen LogP contribution in [-0.4, -0.2) is 19.9 Å². The lowest BCUT2D eigenvalue weighted by molar-refractivity contribution is 0.173. The van der Waals surface area contributed by atoms with Gasteiger partial charge in [0.2, 0.25) is 6.79 Å². The first-order valence-electron chi connectivity index (χ1n) is 6.02. The summed E-state index contributed by atoms with van der Waals surface area (Å²) in [5.41, 5.74) is 1.31. The predicted molar refractivity (Wildman–Crippen MR) is 61.9 cm³/mol. The van der Waals surface area contributed by atoms with Gasteiger partial charge in [0, 0.05) is 0 Å². The van der Waals surface area contributed by atoms with E-state index < -0.39 is 0 Å². The van der Waals surface area contributed by atoms with Gasteiger partial charge in [-0.1, -0.05) is 12.1 Å². The Labute approximate surface area is 95.8 Å². The molecule has 0 aliphatic carbocycles. The summed E-state index contributed by atoms with van der Waals surface area (Å²) in [7, 11) is 0. The van der Waals surface area contributed by atoms with Crippen molar-refractivity contribution in [3.63, 3.8) is 0 Å². The molecule has 3 nitrogen and oxygen atoms in total. The summed E-state index contributed by atoms with van der Waals surface area (Å²) in [4.78, 5) is 0. The highest BCUT2D eigenvalue weighted by Crippen LogP contribution is 2.37. The first kappa shape index (κ1) is 9.97. The molecule has 0 aromatic heterocycles. The highest BCUT2D eigenvalue weighted by molar-refractivity contribution is 5.48. The molecule has 0 amide bonds. The van der Waals surface area contributed by atoms with Crippen LogP contribution in [0.15, 0.2) is 18.2 Å². The standard InChI is InChI=1S/C13H17NO2/c1-2-11(8-10-4-6-14-7-5-10)13-12(3-1)15-9-16-13/h1-3,10,14H,4-9H2. The Morgan fingerprint density at radius 3 is 2.94 bits per heavy atom. The maximum Gasteiger partial charge on any atom is 0.231 e. The molecular formula is C13H17NO2. The van der Waals surface area contributed by atoms with Crippen LogP contribution in [0.1, 0.15) is 18.4 Å². The third kappa shape index (κ3) is 1.87. The summed E-state index contributed by atoms with van der Waals surface area (Å²) in [5, 5.41) is 3.40. The highest BCUT2D eigenvalue weighted by atomic mass is 16.7. The molecule has 1 aromatic rings. The van der Waals surface area contributed by atoms with Gasteiger partial charge in [-0.3, -0.25) is 0 Å². The fourth-order valence-corrected chi connectivity index (χ4v) is 2.55. The van der Waals surface area contributed by atoms with Gasteiger partial charge in [0.25, 0.3) is 0 Å². The zero-order valence-corrected chi connectivity index (χ0v) is 9.37. The Balaban J connectivity index is 1.76. The zero-order valence-electron chi connectivity index (χ0n) is 9.37. The molecule has 1 N–H and O–H groups in total. The lowest BCUT2D eigenvalue weighted by Gasteiger charge is -2.22. The molecule has 0 bridgehead atoms. The lowest BCUT2D eigenvalue weighted by atomic mass is 9.90. The number of hydrogen-bond acceptors (Lipinski definition) is 3. The monoisotopic (exact) mass is 219 g/mol. The number of piperidine rings is 1. The number of para-hydroxylation sites is 1. The topological polar surface area (TPSA) is 30.5 Å². The second-order valence-corrected chi connectivity index (χ2v) is 4.55. The normalized spacial score (nSPS) is 20.0. The molecule has 3 rings (SSSR count). The van der Waals surface area contributed by atoms with Crippen molar-refractivity contribution in [2.75, 3.05) is 19.9 Å². The van der Waals surface area contributed by atoms with Crippen LogP contribution < -0.4 is 14.8 Å². The Bertz CT molecular complexity index is 372. The van der Waals surface area contributed by atoms with Gasteiger partial charge in [-0.2, -0.15) is 0 Å². The van der Waals surface area contributed by atoms with Gasteiger partial charge in [-0.15, -0.1) is 0 Å². The van der Waals surface area contributed by atoms with Gasteiger partial charge >= 0.3 is 0 Å². The molecule has 0 spiro atoms. The SMILES string of the molecule is c1cc(CC2CCNCC2)c2c(c1)OCO2. The minimum Gasteiger partial charge on any atom is -0.454 e. The average Bonchev–Trinajstić information content (AvgIpc) is 2.80. The van der Waals surface area contributed by atoms with Crippen molar-refractivity contribution in [2.24, 2.45) is 5.92 Å². The molecule has 2 aliphatic heterocycles. The smallest absolute Gasteiger partial charge is 0.231 e. The number of benzene rings is 1. The Morgan fingerprint density at radius 2 is 2.06 bits per heavy atom. The quantitative estimate of drug-likeness (QED) is 0.824. The van der Waals surface area contributed by atoms with E-state index in [1.807, 2.05) is 6.07 Å². The first-order valence-corrected chi connectivity index (χ1v) is 6.02. The molecule has 3 heteroatoms. The van der Waals surface area contributed by atoms with Gasteiger partial charge in [0.15, 0.2) is 11.5 Å². The number of nitrogens with one attached hydrogen (secondary N) is 1. The highest BCUT2D eigenvalue weighted by Gasteiger charge is 2.20. The molecule has 1 aromatic carbocycles. The molecule has 86 valence electrons. The minimum atomic E-state index is 0.374. The summed E-state index contributed by atoms with van der Waals surface area (Å²) in [6.45, 7) is 2.67. The Morgan fingerprint density at radius 1 is 1.19 bits per heavy atom. The summed E-state index contributed by atoms with van der Waals surface area (Å²) in [6.07, 6.45) is 3.66. The third-order valence-electron chi connectivity index (χ3n) is 3.45. The number of ether oxygens (including phenoxy) is 2. The van der Waals surface area contributed by atoms with Gasteiger partial charge < -0.3 is 14.8 Å². The Kier molecular flexibility index (Phi) is 2.70. The van der Waals surface area contributed by atoms with Crippen LogP contribution in [0.2, 0.25) is 0 Å². The molecule has 0 unspecified atom stereocenters. The van der Waals surface area contributed by atoms with Crippen LogP contribution in [0.4, 0.5) is 0 Å². The van der Waals surface area contributed by atoms with E-state index in [2.05, 4.69) is 17.4 Å². The van der Waals surface area contributed by atoms with E-state index in [1.54, 1.807) is 0 Å². The van der Waals surface area contributed by atoms with Crippen molar-refractivity contribution in [1.82, 2.24) is 5.32 Å². The second kappa shape index (κ2) is 4.34. The van der Waals surface area contributed by atoms with E-state index in [1.165, 1.54) is 18.4 Å². The summed E-state index contributed by atoms with van der Waals surface area (Å²) in [5.74, 6) is 2.67. The van der Waals surface area contributed by atoms with Crippen LogP contribution in [0.5, 0.6) is 11.5 Å². The van der Waals surface area contributed by atoms with E-state index in [4.69, 9.17) is 9.47 Å². The van der Waals surface area contributed by atoms with Crippen LogP contribution in [0.25, 0.3) is 0 Å². The summed E-state index contributed by atoms with van der Waals surface area (Å²) in [6, 6.07) is 6.20. The molecule has 2 aliphatic rings. The Hall–Kier alpha value is -1.22. The second-order valence-electron chi connectivity index (χ2n) is 4.55. The van der Waals surface area contributed by atoms with Crippen molar-refractivity contribution in [3.05, 3.63) is 23.8 Å². The molecule has 2 heterocycles. The van der Waals surface area contributed by atoms with Crippen LogP contribution in [0.3, 0.4) is 0 Å². The molecular weight excluding hydrogens is 202 g/mol. The largest absolute Gasteiger partial charge is 0.454 e. The van der Waals surface area contributed by atoms with Gasteiger partial charge in [0.1, 0.15) is 0 Å². The fourth-order valence-electron chi connectivity index (χ4n) is 2.55. The van der Waals surface area contributed by atoms with Gasteiger partial charge in [0.05, 0.1) is 0 Å². The van der Waals surface area contributed by atoms with Crippen molar-refractivity contribution in [1.29, 1.82) is 0 Å². The average molecular weight is 219 g/mol. The summed E-state index contributed by atoms with van der Waals surface area (Å²) >= 11 is 0. The molecule has 0 atom stereocenters. The fraction of sp³-hybridized carbons (Fsp3) is 0.538. The molecule has 0 saturated carbocycles. The van der Waals surface area contributed by atoms with Crippen LogP contribution in [-0.2, 0) is 6.42 Å². The summed E-state index contributed by atoms with van der Waals surface area (Å²) < 4.78 is 10.9. The molecule has 16 heavy (non-hydrogen) atoms.